The Balaban J connectivity index is 1.87. The fourth-order valence-corrected chi connectivity index (χ4v) is 1.80. The SMILES string of the molecule is O=C(NCc1ncn[nH]1)c1cc2ccccc2oc1=O. The summed E-state index contributed by atoms with van der Waals surface area (Å²) >= 11 is 0. The monoisotopic (exact) mass is 270 g/mol. The molecule has 0 saturated heterocycles. The average molecular weight is 270 g/mol. The van der Waals surface area contributed by atoms with Crippen LogP contribution in [0.15, 0.2) is 45.9 Å². The highest BCUT2D eigenvalue weighted by Crippen LogP contribution is 2.12. The molecule has 3 rings (SSSR count). The largest absolute Gasteiger partial charge is 0.422 e. The van der Waals surface area contributed by atoms with Gasteiger partial charge in [-0.1, -0.05) is 18.2 Å². The van der Waals surface area contributed by atoms with Crippen molar-refractivity contribution in [2.75, 3.05) is 0 Å². The van der Waals surface area contributed by atoms with E-state index in [2.05, 4.69) is 20.5 Å². The Hall–Kier alpha value is -2.96. The number of H-pyrrole nitrogens is 1. The molecule has 7 nitrogen and oxygen atoms in total. The first-order chi connectivity index (χ1) is 9.74. The third-order valence-corrected chi connectivity index (χ3v) is 2.77. The second-order valence-electron chi connectivity index (χ2n) is 4.10. The third kappa shape index (κ3) is 2.28. The van der Waals surface area contributed by atoms with Gasteiger partial charge in [0.1, 0.15) is 23.3 Å². The highest BCUT2D eigenvalue weighted by Gasteiger charge is 2.13. The molecule has 0 aliphatic rings. The smallest absolute Gasteiger partial charge is 0.349 e. The van der Waals surface area contributed by atoms with Crippen LogP contribution in [0.5, 0.6) is 0 Å². The van der Waals surface area contributed by atoms with Crippen LogP contribution in [-0.4, -0.2) is 21.1 Å². The van der Waals surface area contributed by atoms with E-state index in [4.69, 9.17) is 4.42 Å². The molecule has 20 heavy (non-hydrogen) atoms. The molecule has 7 heteroatoms. The van der Waals surface area contributed by atoms with E-state index in [1.807, 2.05) is 0 Å². The van der Waals surface area contributed by atoms with Gasteiger partial charge in [0.15, 0.2) is 0 Å². The first-order valence-corrected chi connectivity index (χ1v) is 5.89. The topological polar surface area (TPSA) is 101 Å². The third-order valence-electron chi connectivity index (χ3n) is 2.77. The maximum absolute atomic E-state index is 12.0. The summed E-state index contributed by atoms with van der Waals surface area (Å²) in [4.78, 5) is 27.6. The Labute approximate surface area is 112 Å². The normalized spacial score (nSPS) is 10.6. The van der Waals surface area contributed by atoms with E-state index in [-0.39, 0.29) is 12.1 Å². The summed E-state index contributed by atoms with van der Waals surface area (Å²) in [6.07, 6.45) is 1.34. The lowest BCUT2D eigenvalue weighted by atomic mass is 10.2. The summed E-state index contributed by atoms with van der Waals surface area (Å²) in [5.74, 6) is -0.00979. The number of rotatable bonds is 3. The number of nitrogens with one attached hydrogen (secondary N) is 2. The van der Waals surface area contributed by atoms with Crippen molar-refractivity contribution in [3.05, 3.63) is 58.5 Å². The molecule has 0 radical (unpaired) electrons. The number of benzene rings is 1. The molecule has 3 aromatic rings. The molecule has 0 spiro atoms. The maximum atomic E-state index is 12.0. The fourth-order valence-electron chi connectivity index (χ4n) is 1.80. The molecule has 0 aliphatic carbocycles. The van der Waals surface area contributed by atoms with E-state index in [0.717, 1.165) is 0 Å². The van der Waals surface area contributed by atoms with Crippen LogP contribution < -0.4 is 10.9 Å². The van der Waals surface area contributed by atoms with E-state index in [0.29, 0.717) is 16.8 Å². The number of carbonyl (C=O) groups excluding carboxylic acids is 1. The Bertz CT molecular complexity index is 808. The van der Waals surface area contributed by atoms with Gasteiger partial charge in [-0.25, -0.2) is 9.78 Å². The van der Waals surface area contributed by atoms with Gasteiger partial charge in [0, 0.05) is 5.39 Å². The fraction of sp³-hybridized carbons (Fsp3) is 0.0769. The quantitative estimate of drug-likeness (QED) is 0.687. The Morgan fingerprint density at radius 1 is 1.35 bits per heavy atom. The van der Waals surface area contributed by atoms with Crippen molar-refractivity contribution >= 4 is 16.9 Å². The Kier molecular flexibility index (Phi) is 3.00. The molecule has 0 fully saturated rings. The Morgan fingerprint density at radius 2 is 2.20 bits per heavy atom. The van der Waals surface area contributed by atoms with Crippen LogP contribution in [0.3, 0.4) is 0 Å². The van der Waals surface area contributed by atoms with E-state index >= 15 is 0 Å². The molecule has 1 amide bonds. The Morgan fingerprint density at radius 3 is 3.00 bits per heavy atom. The van der Waals surface area contributed by atoms with Crippen LogP contribution in [0, 0.1) is 0 Å². The number of aromatic amines is 1. The summed E-state index contributed by atoms with van der Waals surface area (Å²) in [5.41, 5.74) is -0.258. The lowest BCUT2D eigenvalue weighted by Crippen LogP contribution is -2.28. The molecular weight excluding hydrogens is 260 g/mol. The zero-order valence-electron chi connectivity index (χ0n) is 10.3. The van der Waals surface area contributed by atoms with Crippen LogP contribution >= 0.6 is 0 Å². The second-order valence-corrected chi connectivity index (χ2v) is 4.10. The summed E-state index contributed by atoms with van der Waals surface area (Å²) in [7, 11) is 0. The predicted molar refractivity (Wildman–Crippen MR) is 70.0 cm³/mol. The van der Waals surface area contributed by atoms with Gasteiger partial charge in [0.25, 0.3) is 5.91 Å². The average Bonchev–Trinajstić information content (AvgIpc) is 2.97. The molecule has 2 aromatic heterocycles. The van der Waals surface area contributed by atoms with Crippen molar-refractivity contribution in [1.29, 1.82) is 0 Å². The van der Waals surface area contributed by atoms with E-state index in [1.165, 1.54) is 12.4 Å². The van der Waals surface area contributed by atoms with Gasteiger partial charge in [-0.2, -0.15) is 5.10 Å². The van der Waals surface area contributed by atoms with Gasteiger partial charge in [0.2, 0.25) is 0 Å². The van der Waals surface area contributed by atoms with Gasteiger partial charge in [-0.3, -0.25) is 9.89 Å². The first kappa shape index (κ1) is 12.1. The summed E-state index contributed by atoms with van der Waals surface area (Å²) in [5, 5.41) is 9.54. The minimum Gasteiger partial charge on any atom is -0.422 e. The van der Waals surface area contributed by atoms with Gasteiger partial charge >= 0.3 is 5.63 Å². The van der Waals surface area contributed by atoms with E-state index in [1.54, 1.807) is 24.3 Å². The molecular formula is C13H10N4O3. The number of amides is 1. The number of hydrogen-bond acceptors (Lipinski definition) is 5. The summed E-state index contributed by atoms with van der Waals surface area (Å²) in [6.45, 7) is 0.158. The van der Waals surface area contributed by atoms with Crippen LogP contribution in [-0.2, 0) is 6.54 Å². The molecule has 0 atom stereocenters. The van der Waals surface area contributed by atoms with Gasteiger partial charge in [0.05, 0.1) is 6.54 Å². The molecule has 0 aliphatic heterocycles. The van der Waals surface area contributed by atoms with Crippen molar-refractivity contribution in [2.24, 2.45) is 0 Å². The highest BCUT2D eigenvalue weighted by atomic mass is 16.4. The molecule has 2 N–H and O–H groups in total. The number of para-hydroxylation sites is 1. The van der Waals surface area contributed by atoms with Crippen molar-refractivity contribution in [1.82, 2.24) is 20.5 Å². The number of aromatic nitrogens is 3. The molecule has 0 unspecified atom stereocenters. The molecule has 0 saturated carbocycles. The second kappa shape index (κ2) is 4.96. The van der Waals surface area contributed by atoms with Crippen molar-refractivity contribution in [2.45, 2.75) is 6.54 Å². The van der Waals surface area contributed by atoms with Crippen LogP contribution in [0.1, 0.15) is 16.2 Å². The zero-order valence-corrected chi connectivity index (χ0v) is 10.3. The minimum atomic E-state index is -0.668. The number of carbonyl (C=O) groups is 1. The van der Waals surface area contributed by atoms with Gasteiger partial charge in [-0.15, -0.1) is 0 Å². The maximum Gasteiger partial charge on any atom is 0.349 e. The van der Waals surface area contributed by atoms with Crippen LogP contribution in [0.25, 0.3) is 11.0 Å². The zero-order chi connectivity index (χ0) is 13.9. The standard InChI is InChI=1S/C13H10N4O3/c18-12(14-6-11-15-7-16-17-11)9-5-8-3-1-2-4-10(8)20-13(9)19/h1-5,7H,6H2,(H,14,18)(H,15,16,17). The molecule has 0 bridgehead atoms. The first-order valence-electron chi connectivity index (χ1n) is 5.89. The molecule has 100 valence electrons. The van der Waals surface area contributed by atoms with Gasteiger partial charge < -0.3 is 9.73 Å². The van der Waals surface area contributed by atoms with Crippen molar-refractivity contribution in [3.63, 3.8) is 0 Å². The van der Waals surface area contributed by atoms with Crippen LogP contribution in [0.2, 0.25) is 0 Å². The predicted octanol–water partition coefficient (Wildman–Crippen LogP) is 0.841. The molecule has 2 heterocycles. The minimum absolute atomic E-state index is 0.0387. The number of hydrogen-bond donors (Lipinski definition) is 2. The van der Waals surface area contributed by atoms with Crippen molar-refractivity contribution < 1.29 is 9.21 Å². The van der Waals surface area contributed by atoms with Gasteiger partial charge in [-0.05, 0) is 12.1 Å². The summed E-state index contributed by atoms with van der Waals surface area (Å²) in [6, 6.07) is 8.52. The van der Waals surface area contributed by atoms with Crippen molar-refractivity contribution in [3.8, 4) is 0 Å². The summed E-state index contributed by atoms with van der Waals surface area (Å²) < 4.78 is 5.10. The highest BCUT2D eigenvalue weighted by molar-refractivity contribution is 5.96. The molecule has 1 aromatic carbocycles. The lowest BCUT2D eigenvalue weighted by Gasteiger charge is -2.03. The number of nitrogens with zero attached hydrogens (tertiary/aromatic N) is 2. The number of fused-ring (bicyclic) bond motifs is 1. The van der Waals surface area contributed by atoms with E-state index in [9.17, 15) is 9.59 Å². The van der Waals surface area contributed by atoms with E-state index < -0.39 is 11.5 Å². The lowest BCUT2D eigenvalue weighted by molar-refractivity contribution is 0.0946. The van der Waals surface area contributed by atoms with Crippen LogP contribution in [0.4, 0.5) is 0 Å².